The van der Waals surface area contributed by atoms with Crippen LogP contribution < -0.4 is 10.1 Å². The third kappa shape index (κ3) is 6.45. The summed E-state index contributed by atoms with van der Waals surface area (Å²) in [5.74, 6) is -2.85. The molecule has 1 amide bonds. The van der Waals surface area contributed by atoms with Crippen LogP contribution in [-0.2, 0) is 11.3 Å². The number of carbonyl (C=O) groups excluding carboxylic acids is 1. The highest BCUT2D eigenvalue weighted by Gasteiger charge is 2.28. The highest BCUT2D eigenvalue weighted by molar-refractivity contribution is 5.95. The Balaban J connectivity index is 1.15. The molecule has 1 atom stereocenters. The van der Waals surface area contributed by atoms with Gasteiger partial charge < -0.3 is 10.1 Å². The summed E-state index contributed by atoms with van der Waals surface area (Å²) in [6, 6.07) is 14.6. The van der Waals surface area contributed by atoms with Gasteiger partial charge in [-0.25, -0.2) is 13.2 Å². The van der Waals surface area contributed by atoms with Crippen LogP contribution in [0.5, 0.6) is 11.5 Å². The number of benzene rings is 3. The van der Waals surface area contributed by atoms with Gasteiger partial charge in [-0.3, -0.25) is 14.6 Å². The summed E-state index contributed by atoms with van der Waals surface area (Å²) in [6.07, 6.45) is 4.02. The van der Waals surface area contributed by atoms with Crippen LogP contribution in [0.3, 0.4) is 0 Å². The summed E-state index contributed by atoms with van der Waals surface area (Å²) in [5, 5.41) is 3.13. The van der Waals surface area contributed by atoms with Crippen LogP contribution in [-0.4, -0.2) is 48.4 Å². The fraction of sp³-hybridized carbons (Fsp3) is 0.387. The maximum Gasteiger partial charge on any atom is 0.241 e. The van der Waals surface area contributed by atoms with Crippen molar-refractivity contribution in [3.63, 3.8) is 0 Å². The van der Waals surface area contributed by atoms with Crippen molar-refractivity contribution in [2.75, 3.05) is 32.0 Å². The van der Waals surface area contributed by atoms with Crippen molar-refractivity contribution in [1.29, 1.82) is 0 Å². The van der Waals surface area contributed by atoms with E-state index >= 15 is 0 Å². The van der Waals surface area contributed by atoms with Gasteiger partial charge in [-0.2, -0.15) is 0 Å². The monoisotopic (exact) mass is 537 g/mol. The lowest BCUT2D eigenvalue weighted by Crippen LogP contribution is -2.37. The van der Waals surface area contributed by atoms with Crippen LogP contribution in [0.25, 0.3) is 0 Å². The molecule has 0 spiro atoms. The number of carbonyl (C=O) groups is 1. The third-order valence-corrected chi connectivity index (χ3v) is 7.93. The molecule has 8 heteroatoms. The Labute approximate surface area is 227 Å². The number of likely N-dealkylation sites (N-methyl/N-ethyl adjacent to an activating group) is 1. The van der Waals surface area contributed by atoms with E-state index in [9.17, 15) is 18.0 Å². The Morgan fingerprint density at radius 1 is 0.923 bits per heavy atom. The van der Waals surface area contributed by atoms with Crippen molar-refractivity contribution in [2.24, 2.45) is 0 Å². The maximum atomic E-state index is 13.9. The van der Waals surface area contributed by atoms with E-state index in [1.54, 1.807) is 12.1 Å². The SMILES string of the molecule is Cc1ccc(NC(=O)[C@@H]2CCCN2C)cc1C1CCN(Cc2ccc(Oc3cc(F)c(F)cc3F)cc2)CC1. The lowest BCUT2D eigenvalue weighted by Gasteiger charge is -2.33. The number of likely N-dealkylation sites (tertiary alicyclic amines) is 2. The molecule has 0 unspecified atom stereocenters. The van der Waals surface area contributed by atoms with Gasteiger partial charge in [-0.15, -0.1) is 0 Å². The van der Waals surface area contributed by atoms with Crippen molar-refractivity contribution in [2.45, 2.75) is 51.1 Å². The number of rotatable bonds is 7. The Morgan fingerprint density at radius 2 is 1.64 bits per heavy atom. The number of nitrogens with one attached hydrogen (secondary N) is 1. The quantitative estimate of drug-likeness (QED) is 0.344. The molecular weight excluding hydrogens is 503 g/mol. The van der Waals surface area contributed by atoms with Crippen LogP contribution in [0.1, 0.15) is 48.3 Å². The molecule has 0 aromatic heterocycles. The molecule has 2 aliphatic rings. The predicted octanol–water partition coefficient (Wildman–Crippen LogP) is 6.62. The van der Waals surface area contributed by atoms with Crippen LogP contribution in [0, 0.1) is 24.4 Å². The van der Waals surface area contributed by atoms with Gasteiger partial charge in [0.2, 0.25) is 5.91 Å². The molecule has 0 bridgehead atoms. The third-order valence-electron chi connectivity index (χ3n) is 7.93. The van der Waals surface area contributed by atoms with E-state index in [1.165, 1.54) is 11.1 Å². The first-order chi connectivity index (χ1) is 18.8. The summed E-state index contributed by atoms with van der Waals surface area (Å²) in [5.41, 5.74) is 4.51. The van der Waals surface area contributed by atoms with Gasteiger partial charge in [-0.05, 0) is 106 Å². The summed E-state index contributed by atoms with van der Waals surface area (Å²) in [4.78, 5) is 17.3. The van der Waals surface area contributed by atoms with Crippen molar-refractivity contribution in [1.82, 2.24) is 9.80 Å². The number of piperidine rings is 1. The van der Waals surface area contributed by atoms with Crippen molar-refractivity contribution < 1.29 is 22.7 Å². The fourth-order valence-electron chi connectivity index (χ4n) is 5.66. The van der Waals surface area contributed by atoms with Crippen LogP contribution >= 0.6 is 0 Å². The number of amides is 1. The first-order valence-electron chi connectivity index (χ1n) is 13.5. The van der Waals surface area contributed by atoms with Gasteiger partial charge in [0.15, 0.2) is 23.2 Å². The Kier molecular flexibility index (Phi) is 8.23. The molecule has 5 rings (SSSR count). The van der Waals surface area contributed by atoms with Gasteiger partial charge in [-0.1, -0.05) is 18.2 Å². The lowest BCUT2D eigenvalue weighted by atomic mass is 9.86. The summed E-state index contributed by atoms with van der Waals surface area (Å²) in [6.45, 7) is 5.77. The van der Waals surface area contributed by atoms with E-state index in [4.69, 9.17) is 4.74 Å². The second-order valence-electron chi connectivity index (χ2n) is 10.7. The van der Waals surface area contributed by atoms with Gasteiger partial charge in [0.1, 0.15) is 5.75 Å². The normalized spacial score (nSPS) is 18.8. The summed E-state index contributed by atoms with van der Waals surface area (Å²) >= 11 is 0. The first kappa shape index (κ1) is 27.2. The molecule has 206 valence electrons. The van der Waals surface area contributed by atoms with Crippen LogP contribution in [0.4, 0.5) is 18.9 Å². The van der Waals surface area contributed by atoms with E-state index < -0.39 is 17.5 Å². The minimum absolute atomic E-state index is 0.0503. The zero-order valence-electron chi connectivity index (χ0n) is 22.4. The van der Waals surface area contributed by atoms with Gasteiger partial charge >= 0.3 is 0 Å². The summed E-state index contributed by atoms with van der Waals surface area (Å²) < 4.78 is 45.9. The molecule has 39 heavy (non-hydrogen) atoms. The number of aryl methyl sites for hydroxylation is 1. The van der Waals surface area contributed by atoms with Crippen molar-refractivity contribution >= 4 is 11.6 Å². The molecule has 3 aromatic rings. The zero-order valence-corrected chi connectivity index (χ0v) is 22.4. The molecule has 2 saturated heterocycles. The van der Waals surface area contributed by atoms with Crippen molar-refractivity contribution in [3.8, 4) is 11.5 Å². The van der Waals surface area contributed by atoms with Gasteiger partial charge in [0.05, 0.1) is 6.04 Å². The van der Waals surface area contributed by atoms with Gasteiger partial charge in [0, 0.05) is 24.4 Å². The van der Waals surface area contributed by atoms with E-state index in [-0.39, 0.29) is 17.7 Å². The summed E-state index contributed by atoms with van der Waals surface area (Å²) in [7, 11) is 2.01. The van der Waals surface area contributed by atoms with E-state index in [1.807, 2.05) is 25.2 Å². The number of hydrogen-bond donors (Lipinski definition) is 1. The molecule has 5 nitrogen and oxygen atoms in total. The fourth-order valence-corrected chi connectivity index (χ4v) is 5.66. The van der Waals surface area contributed by atoms with Crippen LogP contribution in [0.15, 0.2) is 54.6 Å². The predicted molar refractivity (Wildman–Crippen MR) is 146 cm³/mol. The molecular formula is C31H34F3N3O2. The van der Waals surface area contributed by atoms with Crippen molar-refractivity contribution in [3.05, 3.63) is 88.7 Å². The van der Waals surface area contributed by atoms with Crippen LogP contribution in [0.2, 0.25) is 0 Å². The molecule has 0 aliphatic carbocycles. The number of halogens is 3. The minimum Gasteiger partial charge on any atom is -0.454 e. The first-order valence-corrected chi connectivity index (χ1v) is 13.5. The molecule has 3 aromatic carbocycles. The number of ether oxygens (including phenoxy) is 1. The maximum absolute atomic E-state index is 13.9. The molecule has 0 saturated carbocycles. The number of hydrogen-bond acceptors (Lipinski definition) is 4. The second-order valence-corrected chi connectivity index (χ2v) is 10.7. The average molecular weight is 538 g/mol. The number of nitrogens with zero attached hydrogens (tertiary/aromatic N) is 2. The standard InChI is InChI=1S/C31H34F3N3O2/c1-20-5-8-23(35-31(38)29-4-3-13-36(29)2)16-25(20)22-11-14-37(15-12-22)19-21-6-9-24(10-7-21)39-30-18-27(33)26(32)17-28(30)34/h5-10,16-18,22,29H,3-4,11-15,19H2,1-2H3,(H,35,38)/t29-/m0/s1. The lowest BCUT2D eigenvalue weighted by molar-refractivity contribution is -0.119. The van der Waals surface area contributed by atoms with Gasteiger partial charge in [0.25, 0.3) is 0 Å². The molecule has 2 fully saturated rings. The molecule has 0 radical (unpaired) electrons. The Bertz CT molecular complexity index is 1320. The largest absolute Gasteiger partial charge is 0.454 e. The average Bonchev–Trinajstić information content (AvgIpc) is 3.36. The smallest absolute Gasteiger partial charge is 0.241 e. The second kappa shape index (κ2) is 11.8. The topological polar surface area (TPSA) is 44.8 Å². The van der Waals surface area contributed by atoms with E-state index in [0.29, 0.717) is 23.8 Å². The van der Waals surface area contributed by atoms with E-state index in [2.05, 4.69) is 34.2 Å². The molecule has 2 heterocycles. The Morgan fingerprint density at radius 3 is 2.33 bits per heavy atom. The number of anilines is 1. The molecule has 1 N–H and O–H groups in total. The zero-order chi connectivity index (χ0) is 27.5. The Hall–Kier alpha value is -3.36. The molecule has 2 aliphatic heterocycles. The highest BCUT2D eigenvalue weighted by atomic mass is 19.2. The minimum atomic E-state index is -1.25. The van der Waals surface area contributed by atoms with E-state index in [0.717, 1.165) is 63.1 Å². The highest BCUT2D eigenvalue weighted by Crippen LogP contribution is 2.33.